The lowest BCUT2D eigenvalue weighted by molar-refractivity contribution is -0.131. The molecule has 0 spiro atoms. The highest BCUT2D eigenvalue weighted by Crippen LogP contribution is 2.41. The molecular formula is C32H29ClF3N7O3. The van der Waals surface area contributed by atoms with Crippen LogP contribution in [0.3, 0.4) is 0 Å². The summed E-state index contributed by atoms with van der Waals surface area (Å²) in [6, 6.07) is 8.10. The second-order valence-electron chi connectivity index (χ2n) is 11.4. The molecule has 0 bridgehead atoms. The summed E-state index contributed by atoms with van der Waals surface area (Å²) in [6.07, 6.45) is 1.80. The van der Waals surface area contributed by atoms with E-state index in [9.17, 15) is 19.2 Å². The predicted molar refractivity (Wildman–Crippen MR) is 167 cm³/mol. The summed E-state index contributed by atoms with van der Waals surface area (Å²) in [4.78, 5) is 41.7. The molecule has 6 rings (SSSR count). The maximum Gasteiger partial charge on any atom is 0.319 e. The van der Waals surface area contributed by atoms with E-state index in [0.717, 1.165) is 19.4 Å². The van der Waals surface area contributed by atoms with E-state index in [2.05, 4.69) is 26.4 Å². The number of hydrogen-bond donors (Lipinski definition) is 1. The number of carbonyl (C=O) groups is 1. The van der Waals surface area contributed by atoms with E-state index in [1.54, 1.807) is 4.90 Å². The quantitative estimate of drug-likeness (QED) is 0.279. The van der Waals surface area contributed by atoms with Crippen molar-refractivity contribution in [3.05, 3.63) is 69.7 Å². The fourth-order valence-corrected chi connectivity index (χ4v) is 6.57. The fourth-order valence-electron chi connectivity index (χ4n) is 6.28. The van der Waals surface area contributed by atoms with Gasteiger partial charge in [-0.2, -0.15) is 15.2 Å². The number of hydrogen-bond acceptors (Lipinski definition) is 8. The van der Waals surface area contributed by atoms with Crippen LogP contribution in [0.15, 0.2) is 47.5 Å². The summed E-state index contributed by atoms with van der Waals surface area (Å²) in [5.74, 6) is -3.44. The van der Waals surface area contributed by atoms with Crippen molar-refractivity contribution in [2.75, 3.05) is 44.7 Å². The minimum atomic E-state index is -1.14. The van der Waals surface area contributed by atoms with Crippen LogP contribution in [0.25, 0.3) is 32.9 Å². The lowest BCUT2D eigenvalue weighted by atomic mass is 10.0. The average Bonchev–Trinajstić information content (AvgIpc) is 3.43. The number of ether oxygens (including phenoxy) is 1. The first kappa shape index (κ1) is 31.3. The molecular weight excluding hydrogens is 623 g/mol. The van der Waals surface area contributed by atoms with Crippen molar-refractivity contribution in [1.29, 1.82) is 5.26 Å². The van der Waals surface area contributed by atoms with Gasteiger partial charge in [-0.3, -0.25) is 9.59 Å². The molecule has 2 fully saturated rings. The molecule has 2 atom stereocenters. The summed E-state index contributed by atoms with van der Waals surface area (Å²) in [5.41, 5.74) is -1.18. The third kappa shape index (κ3) is 5.74. The predicted octanol–water partition coefficient (Wildman–Crippen LogP) is 4.96. The van der Waals surface area contributed by atoms with E-state index in [-0.39, 0.29) is 88.5 Å². The van der Waals surface area contributed by atoms with E-state index in [0.29, 0.717) is 0 Å². The molecule has 0 unspecified atom stereocenters. The first-order valence-electron chi connectivity index (χ1n) is 14.7. The van der Waals surface area contributed by atoms with Gasteiger partial charge in [-0.05, 0) is 44.0 Å². The highest BCUT2D eigenvalue weighted by molar-refractivity contribution is 6.34. The number of aromatic amines is 1. The van der Waals surface area contributed by atoms with Crippen molar-refractivity contribution in [3.8, 4) is 23.3 Å². The lowest BCUT2D eigenvalue weighted by Crippen LogP contribution is -2.55. The summed E-state index contributed by atoms with van der Waals surface area (Å²) in [6.45, 7) is 4.49. The Morgan fingerprint density at radius 2 is 2.02 bits per heavy atom. The number of likely N-dealkylation sites (N-methyl/N-ethyl adjacent to an activating group) is 1. The highest BCUT2D eigenvalue weighted by Gasteiger charge is 2.34. The normalized spacial score (nSPS) is 18.7. The van der Waals surface area contributed by atoms with Gasteiger partial charge in [0.1, 0.15) is 23.8 Å². The zero-order valence-electron chi connectivity index (χ0n) is 24.8. The monoisotopic (exact) mass is 651 g/mol. The number of nitrogens with zero attached hydrogens (tertiary/aromatic N) is 6. The maximum absolute atomic E-state index is 16.7. The molecule has 1 N–H and O–H groups in total. The Labute approximate surface area is 266 Å². The Kier molecular flexibility index (Phi) is 8.59. The molecule has 2 aromatic heterocycles. The smallest absolute Gasteiger partial charge is 0.319 e. The molecule has 2 saturated heterocycles. The number of piperazine rings is 1. The van der Waals surface area contributed by atoms with Crippen LogP contribution in [-0.4, -0.2) is 82.6 Å². The molecule has 14 heteroatoms. The zero-order valence-corrected chi connectivity index (χ0v) is 25.6. The number of H-pyrrole nitrogens is 1. The summed E-state index contributed by atoms with van der Waals surface area (Å²) in [7, 11) is 1.98. The number of aromatic nitrogens is 3. The van der Waals surface area contributed by atoms with Crippen molar-refractivity contribution < 1.29 is 22.7 Å². The Bertz CT molecular complexity index is 1980. The number of pyridine rings is 1. The molecule has 4 aromatic rings. The number of nitriles is 1. The molecule has 0 saturated carbocycles. The molecule has 1 amide bonds. The van der Waals surface area contributed by atoms with Crippen molar-refractivity contribution in [3.63, 3.8) is 0 Å². The molecule has 0 aliphatic carbocycles. The Balaban J connectivity index is 1.51. The number of likely N-dealkylation sites (tertiary alicyclic amines) is 1. The van der Waals surface area contributed by atoms with Crippen LogP contribution in [0.2, 0.25) is 5.02 Å². The zero-order chi connectivity index (χ0) is 32.7. The van der Waals surface area contributed by atoms with Gasteiger partial charge in [-0.1, -0.05) is 30.3 Å². The Morgan fingerprint density at radius 1 is 1.22 bits per heavy atom. The van der Waals surface area contributed by atoms with Crippen LogP contribution in [0.1, 0.15) is 19.3 Å². The van der Waals surface area contributed by atoms with Crippen LogP contribution < -0.4 is 15.2 Å². The van der Waals surface area contributed by atoms with Gasteiger partial charge in [-0.15, -0.1) is 0 Å². The molecule has 10 nitrogen and oxygen atoms in total. The molecule has 0 radical (unpaired) electrons. The van der Waals surface area contributed by atoms with Crippen LogP contribution in [0, 0.1) is 23.0 Å². The fraction of sp³-hybridized carbons (Fsp3) is 0.344. The van der Waals surface area contributed by atoms with Gasteiger partial charge in [0.25, 0.3) is 5.91 Å². The van der Waals surface area contributed by atoms with Crippen molar-refractivity contribution >= 4 is 45.0 Å². The van der Waals surface area contributed by atoms with E-state index in [1.807, 2.05) is 13.1 Å². The van der Waals surface area contributed by atoms with Crippen molar-refractivity contribution in [2.45, 2.75) is 31.3 Å². The van der Waals surface area contributed by atoms with Crippen LogP contribution in [-0.2, 0) is 4.79 Å². The van der Waals surface area contributed by atoms with Crippen LogP contribution in [0.5, 0.6) is 6.01 Å². The van der Waals surface area contributed by atoms with Crippen molar-refractivity contribution in [2.24, 2.45) is 0 Å². The van der Waals surface area contributed by atoms with Gasteiger partial charge in [0.05, 0.1) is 34.8 Å². The van der Waals surface area contributed by atoms with Gasteiger partial charge >= 0.3 is 6.01 Å². The van der Waals surface area contributed by atoms with E-state index >= 15 is 8.78 Å². The largest absolute Gasteiger partial charge is 0.462 e. The number of carbonyl (C=O) groups excluding carboxylic acids is 1. The van der Waals surface area contributed by atoms with E-state index in [1.165, 1.54) is 35.2 Å². The molecule has 238 valence electrons. The molecule has 46 heavy (non-hydrogen) atoms. The Hall–Kier alpha value is -4.67. The molecule has 2 aliphatic rings. The number of fused-ring (bicyclic) bond motifs is 2. The third-order valence-corrected chi connectivity index (χ3v) is 8.90. The van der Waals surface area contributed by atoms with Gasteiger partial charge in [0, 0.05) is 42.5 Å². The minimum Gasteiger partial charge on any atom is -0.462 e. The number of rotatable bonds is 7. The number of halogens is 4. The number of anilines is 1. The molecule has 4 heterocycles. The standard InChI is InChI=1S/C32H29ClF3N7O3/c1-17(34)31(45)43-12-11-42(15-19(43)8-9-37)30-21-14-22(33)26(29-25-18(13-24(44)38-29)5-3-7-23(25)35)27(36)28(21)39-32(40-30)46-16-20-6-4-10-41(20)2/h3,5,7,13-14,19-20H,1,4,6,8,10-12,15-16H2,2H3,(H,38,44)/t19-,20-/m0/s1. The van der Waals surface area contributed by atoms with Crippen LogP contribution in [0.4, 0.5) is 19.0 Å². The van der Waals surface area contributed by atoms with Crippen molar-refractivity contribution in [1.82, 2.24) is 24.8 Å². The second-order valence-corrected chi connectivity index (χ2v) is 11.8. The SMILES string of the molecule is C=C(F)C(=O)N1CCN(c2nc(OC[C@@H]3CCCN3C)nc3c(F)c(-c4[nH]c(=O)cc5cccc(F)c45)c(Cl)cc23)C[C@@H]1CC#N. The highest BCUT2D eigenvalue weighted by atomic mass is 35.5. The summed E-state index contributed by atoms with van der Waals surface area (Å²) < 4.78 is 51.7. The lowest BCUT2D eigenvalue weighted by Gasteiger charge is -2.41. The molecule has 2 aliphatic heterocycles. The Morgan fingerprint density at radius 3 is 2.74 bits per heavy atom. The van der Waals surface area contributed by atoms with Gasteiger partial charge in [0.15, 0.2) is 11.6 Å². The van der Waals surface area contributed by atoms with Gasteiger partial charge in [0.2, 0.25) is 5.56 Å². The average molecular weight is 652 g/mol. The summed E-state index contributed by atoms with van der Waals surface area (Å²) in [5, 5.41) is 9.74. The molecule has 2 aromatic carbocycles. The summed E-state index contributed by atoms with van der Waals surface area (Å²) >= 11 is 6.70. The van der Waals surface area contributed by atoms with Gasteiger partial charge < -0.3 is 24.4 Å². The maximum atomic E-state index is 16.7. The first-order chi connectivity index (χ1) is 22.1. The third-order valence-electron chi connectivity index (χ3n) is 8.60. The first-order valence-corrected chi connectivity index (χ1v) is 15.1. The second kappa shape index (κ2) is 12.6. The van der Waals surface area contributed by atoms with Gasteiger partial charge in [-0.25, -0.2) is 13.2 Å². The topological polar surface area (TPSA) is 118 Å². The number of nitrogens with one attached hydrogen (secondary N) is 1. The van der Waals surface area contributed by atoms with Crippen LogP contribution >= 0.6 is 11.6 Å². The number of amides is 1. The minimum absolute atomic E-state index is 0.0214. The van der Waals surface area contributed by atoms with E-state index in [4.69, 9.17) is 16.3 Å². The van der Waals surface area contributed by atoms with E-state index < -0.39 is 35.0 Å². The number of benzene rings is 2.